The van der Waals surface area contributed by atoms with Crippen molar-refractivity contribution in [3.8, 4) is 5.88 Å². The molecule has 0 aliphatic carbocycles. The van der Waals surface area contributed by atoms with Gasteiger partial charge in [-0.2, -0.15) is 4.98 Å². The van der Waals surface area contributed by atoms with Gasteiger partial charge in [0.1, 0.15) is 11.6 Å². The molecule has 0 spiro atoms. The number of likely N-dealkylation sites (tertiary alicyclic amines) is 1. The predicted molar refractivity (Wildman–Crippen MR) is 115 cm³/mol. The molecule has 2 saturated heterocycles. The molecule has 8 heteroatoms. The molecule has 0 bridgehead atoms. The van der Waals surface area contributed by atoms with E-state index in [4.69, 9.17) is 9.47 Å². The Labute approximate surface area is 182 Å². The summed E-state index contributed by atoms with van der Waals surface area (Å²) in [6, 6.07) is 7.26. The zero-order chi connectivity index (χ0) is 21.6. The fourth-order valence-corrected chi connectivity index (χ4v) is 4.03. The lowest BCUT2D eigenvalue weighted by Gasteiger charge is -2.41. The molecular weight excluding hydrogens is 402 g/mol. The summed E-state index contributed by atoms with van der Waals surface area (Å²) in [5.41, 5.74) is 1.10. The highest BCUT2D eigenvalue weighted by Gasteiger charge is 2.30. The van der Waals surface area contributed by atoms with Crippen molar-refractivity contribution in [1.82, 2.24) is 14.9 Å². The fraction of sp³-hybridized carbons (Fsp3) is 0.565. The summed E-state index contributed by atoms with van der Waals surface area (Å²) in [6.07, 6.45) is 2.96. The first kappa shape index (κ1) is 21.9. The smallest absolute Gasteiger partial charge is 0.264 e. The Morgan fingerprint density at radius 1 is 1.19 bits per heavy atom. The van der Waals surface area contributed by atoms with E-state index < -0.39 is 6.43 Å². The highest BCUT2D eigenvalue weighted by atomic mass is 19.3. The quantitative estimate of drug-likeness (QED) is 0.568. The van der Waals surface area contributed by atoms with Gasteiger partial charge < -0.3 is 14.8 Å². The summed E-state index contributed by atoms with van der Waals surface area (Å²) in [7, 11) is 0. The third-order valence-electron chi connectivity index (χ3n) is 6.00. The molecule has 0 amide bonds. The predicted octanol–water partition coefficient (Wildman–Crippen LogP) is 4.91. The van der Waals surface area contributed by atoms with Crippen LogP contribution < -0.4 is 10.1 Å². The molecule has 4 rings (SSSR count). The SMILES string of the molecule is CCCCOc1cc(C2CCN(C3COC3)CC2)cc(Nc2cc(C(F)F)ccn2)n1. The van der Waals surface area contributed by atoms with Crippen molar-refractivity contribution >= 4 is 11.6 Å². The van der Waals surface area contributed by atoms with Crippen molar-refractivity contribution in [2.24, 2.45) is 0 Å². The lowest BCUT2D eigenvalue weighted by molar-refractivity contribution is -0.0712. The van der Waals surface area contributed by atoms with Crippen LogP contribution in [-0.2, 0) is 4.74 Å². The number of aromatic nitrogens is 2. The molecule has 0 saturated carbocycles. The number of anilines is 2. The number of ether oxygens (including phenoxy) is 2. The van der Waals surface area contributed by atoms with Crippen LogP contribution >= 0.6 is 0 Å². The van der Waals surface area contributed by atoms with Gasteiger partial charge in [-0.3, -0.25) is 4.90 Å². The number of piperidine rings is 1. The van der Waals surface area contributed by atoms with Gasteiger partial charge in [0.15, 0.2) is 0 Å². The molecule has 2 aromatic heterocycles. The Balaban J connectivity index is 1.50. The van der Waals surface area contributed by atoms with Crippen LogP contribution in [0, 0.1) is 0 Å². The van der Waals surface area contributed by atoms with E-state index in [1.54, 1.807) is 0 Å². The number of alkyl halides is 2. The molecule has 0 unspecified atom stereocenters. The summed E-state index contributed by atoms with van der Waals surface area (Å²) in [4.78, 5) is 11.2. The van der Waals surface area contributed by atoms with Crippen LogP contribution in [0.25, 0.3) is 0 Å². The number of halogens is 2. The number of nitrogens with zero attached hydrogens (tertiary/aromatic N) is 3. The number of rotatable bonds is 9. The molecule has 2 aromatic rings. The van der Waals surface area contributed by atoms with E-state index in [1.807, 2.05) is 12.1 Å². The summed E-state index contributed by atoms with van der Waals surface area (Å²) < 4.78 is 37.3. The standard InChI is InChI=1S/C23H30F2N4O2/c1-2-3-10-31-22-13-18(16-5-8-29(9-6-16)19-14-30-15-19)12-21(28-22)27-20-11-17(23(24)25)4-7-26-20/h4,7,11-13,16,19,23H,2-3,5-6,8-10,14-15H2,1H3,(H,26,27,28). The minimum absolute atomic E-state index is 0.0691. The molecule has 31 heavy (non-hydrogen) atoms. The highest BCUT2D eigenvalue weighted by Crippen LogP contribution is 2.33. The Hall–Kier alpha value is -2.32. The average molecular weight is 433 g/mol. The van der Waals surface area contributed by atoms with Crippen LogP contribution in [0.1, 0.15) is 56.1 Å². The van der Waals surface area contributed by atoms with E-state index >= 15 is 0 Å². The van der Waals surface area contributed by atoms with Crippen molar-refractivity contribution in [3.05, 3.63) is 41.6 Å². The minimum Gasteiger partial charge on any atom is -0.478 e. The number of nitrogens with one attached hydrogen (secondary N) is 1. The van der Waals surface area contributed by atoms with E-state index in [9.17, 15) is 8.78 Å². The molecule has 1 N–H and O–H groups in total. The van der Waals surface area contributed by atoms with E-state index in [-0.39, 0.29) is 5.56 Å². The van der Waals surface area contributed by atoms with Gasteiger partial charge in [0.05, 0.1) is 25.9 Å². The van der Waals surface area contributed by atoms with Gasteiger partial charge in [0, 0.05) is 17.8 Å². The third-order valence-corrected chi connectivity index (χ3v) is 6.00. The van der Waals surface area contributed by atoms with E-state index in [1.165, 1.54) is 23.9 Å². The maximum absolute atomic E-state index is 13.0. The largest absolute Gasteiger partial charge is 0.478 e. The van der Waals surface area contributed by atoms with Crippen LogP contribution in [0.15, 0.2) is 30.5 Å². The van der Waals surface area contributed by atoms with Crippen molar-refractivity contribution in [3.63, 3.8) is 0 Å². The molecular formula is C23H30F2N4O2. The van der Waals surface area contributed by atoms with Crippen molar-refractivity contribution in [2.45, 2.75) is 51.0 Å². The van der Waals surface area contributed by atoms with Gasteiger partial charge >= 0.3 is 0 Å². The minimum atomic E-state index is -2.54. The Morgan fingerprint density at radius 3 is 2.68 bits per heavy atom. The lowest BCUT2D eigenvalue weighted by atomic mass is 9.89. The van der Waals surface area contributed by atoms with E-state index in [2.05, 4.69) is 27.1 Å². The van der Waals surface area contributed by atoms with Crippen LogP contribution in [-0.4, -0.2) is 53.8 Å². The summed E-state index contributed by atoms with van der Waals surface area (Å²) in [6.45, 7) is 6.50. The van der Waals surface area contributed by atoms with Crippen LogP contribution in [0.2, 0.25) is 0 Å². The Kier molecular flexibility index (Phi) is 7.29. The molecule has 0 aromatic carbocycles. The van der Waals surface area contributed by atoms with Crippen LogP contribution in [0.5, 0.6) is 5.88 Å². The summed E-state index contributed by atoms with van der Waals surface area (Å²) >= 11 is 0. The third kappa shape index (κ3) is 5.68. The first-order valence-electron chi connectivity index (χ1n) is 11.1. The first-order valence-corrected chi connectivity index (χ1v) is 11.1. The molecule has 2 fully saturated rings. The maximum atomic E-state index is 13.0. The van der Waals surface area contributed by atoms with Gasteiger partial charge in [-0.25, -0.2) is 13.8 Å². The molecule has 0 atom stereocenters. The topological polar surface area (TPSA) is 59.5 Å². The van der Waals surface area contributed by atoms with Crippen LogP contribution in [0.3, 0.4) is 0 Å². The number of pyridine rings is 2. The Morgan fingerprint density at radius 2 is 2.00 bits per heavy atom. The van der Waals surface area contributed by atoms with Crippen molar-refractivity contribution in [1.29, 1.82) is 0 Å². The van der Waals surface area contributed by atoms with E-state index in [0.717, 1.165) is 52.0 Å². The molecule has 2 aliphatic heterocycles. The number of hydrogen-bond donors (Lipinski definition) is 1. The maximum Gasteiger partial charge on any atom is 0.264 e. The molecule has 2 aliphatic rings. The first-order chi connectivity index (χ1) is 15.1. The zero-order valence-electron chi connectivity index (χ0n) is 17.9. The van der Waals surface area contributed by atoms with Crippen molar-refractivity contribution < 1.29 is 18.3 Å². The summed E-state index contributed by atoms with van der Waals surface area (Å²) in [5.74, 6) is 1.89. The van der Waals surface area contributed by atoms with Gasteiger partial charge in [0.2, 0.25) is 5.88 Å². The monoisotopic (exact) mass is 432 g/mol. The second kappa shape index (κ2) is 10.3. The molecule has 0 radical (unpaired) electrons. The summed E-state index contributed by atoms with van der Waals surface area (Å²) in [5, 5.41) is 3.09. The van der Waals surface area contributed by atoms with Gasteiger partial charge in [-0.1, -0.05) is 13.3 Å². The fourth-order valence-electron chi connectivity index (χ4n) is 4.03. The van der Waals surface area contributed by atoms with Gasteiger partial charge in [0.25, 0.3) is 6.43 Å². The average Bonchev–Trinajstić information content (AvgIpc) is 2.73. The number of unbranched alkanes of at least 4 members (excludes halogenated alkanes) is 1. The van der Waals surface area contributed by atoms with Gasteiger partial charge in [-0.05, 0) is 62.0 Å². The van der Waals surface area contributed by atoms with Crippen LogP contribution in [0.4, 0.5) is 20.4 Å². The van der Waals surface area contributed by atoms with Crippen molar-refractivity contribution in [2.75, 3.05) is 38.2 Å². The normalized spacial score (nSPS) is 18.2. The lowest BCUT2D eigenvalue weighted by Crippen LogP contribution is -2.51. The zero-order valence-corrected chi connectivity index (χ0v) is 17.9. The molecule has 168 valence electrons. The molecule has 6 nitrogen and oxygen atoms in total. The second-order valence-corrected chi connectivity index (χ2v) is 8.23. The molecule has 4 heterocycles. The van der Waals surface area contributed by atoms with E-state index in [0.29, 0.717) is 36.1 Å². The second-order valence-electron chi connectivity index (χ2n) is 8.23. The van der Waals surface area contributed by atoms with Gasteiger partial charge in [-0.15, -0.1) is 0 Å². The number of hydrogen-bond acceptors (Lipinski definition) is 6. The highest BCUT2D eigenvalue weighted by molar-refractivity contribution is 5.55. The Bertz CT molecular complexity index is 855.